The maximum atomic E-state index is 12.2. The Morgan fingerprint density at radius 3 is 2.65 bits per heavy atom. The lowest BCUT2D eigenvalue weighted by Crippen LogP contribution is -2.41. The van der Waals surface area contributed by atoms with Crippen LogP contribution in [0.25, 0.3) is 11.0 Å². The Morgan fingerprint density at radius 1 is 1.35 bits per heavy atom. The Morgan fingerprint density at radius 2 is 2.00 bits per heavy atom. The Labute approximate surface area is 116 Å². The smallest absolute Gasteiger partial charge is 0.349 e. The second-order valence-electron chi connectivity index (χ2n) is 5.46. The fourth-order valence-electron chi connectivity index (χ4n) is 2.07. The van der Waals surface area contributed by atoms with Crippen molar-refractivity contribution in [2.75, 3.05) is 13.6 Å². The molecule has 0 bridgehead atoms. The van der Waals surface area contributed by atoms with Crippen LogP contribution in [-0.2, 0) is 0 Å². The first-order valence-electron chi connectivity index (χ1n) is 6.29. The Kier molecular flexibility index (Phi) is 3.63. The molecule has 0 saturated carbocycles. The number of para-hydroxylation sites is 1. The van der Waals surface area contributed by atoms with Gasteiger partial charge in [-0.2, -0.15) is 0 Å². The summed E-state index contributed by atoms with van der Waals surface area (Å²) in [5.74, 6) is -0.466. The molecule has 0 saturated heterocycles. The summed E-state index contributed by atoms with van der Waals surface area (Å²) in [6, 6.07) is 8.52. The van der Waals surface area contributed by atoms with Crippen LogP contribution in [-0.4, -0.2) is 35.1 Å². The molecule has 1 heterocycles. The Bertz CT molecular complexity index is 697. The number of rotatable bonds is 3. The highest BCUT2D eigenvalue weighted by Gasteiger charge is 2.23. The number of fused-ring (bicyclic) bond motifs is 1. The summed E-state index contributed by atoms with van der Waals surface area (Å²) >= 11 is 0. The summed E-state index contributed by atoms with van der Waals surface area (Å²) in [5, 5.41) is 10.4. The van der Waals surface area contributed by atoms with Crippen LogP contribution in [0.5, 0.6) is 0 Å². The van der Waals surface area contributed by atoms with Crippen molar-refractivity contribution in [2.45, 2.75) is 19.4 Å². The number of carbonyl (C=O) groups excluding carboxylic acids is 1. The molecule has 1 N–H and O–H groups in total. The summed E-state index contributed by atoms with van der Waals surface area (Å²) in [6.45, 7) is 3.32. The van der Waals surface area contributed by atoms with Crippen LogP contribution in [0, 0.1) is 0 Å². The summed E-state index contributed by atoms with van der Waals surface area (Å²) in [7, 11) is 1.54. The SMILES string of the molecule is CN(CC(C)(C)O)C(=O)c1cc2ccccc2oc1=O. The molecule has 1 aromatic heterocycles. The van der Waals surface area contributed by atoms with Gasteiger partial charge in [-0.1, -0.05) is 18.2 Å². The number of amides is 1. The molecular weight excluding hydrogens is 258 g/mol. The van der Waals surface area contributed by atoms with Gasteiger partial charge in [0.2, 0.25) is 0 Å². The maximum Gasteiger partial charge on any atom is 0.349 e. The van der Waals surface area contributed by atoms with E-state index in [4.69, 9.17) is 4.42 Å². The normalized spacial score (nSPS) is 11.6. The lowest BCUT2D eigenvalue weighted by molar-refractivity contribution is 0.0365. The van der Waals surface area contributed by atoms with E-state index in [2.05, 4.69) is 0 Å². The second-order valence-corrected chi connectivity index (χ2v) is 5.46. The van der Waals surface area contributed by atoms with E-state index in [-0.39, 0.29) is 12.1 Å². The van der Waals surface area contributed by atoms with Crippen LogP contribution < -0.4 is 5.63 Å². The van der Waals surface area contributed by atoms with E-state index in [0.717, 1.165) is 0 Å². The number of hydrogen-bond acceptors (Lipinski definition) is 4. The summed E-state index contributed by atoms with van der Waals surface area (Å²) < 4.78 is 5.13. The monoisotopic (exact) mass is 275 g/mol. The second kappa shape index (κ2) is 5.09. The first-order chi connectivity index (χ1) is 9.28. The van der Waals surface area contributed by atoms with Gasteiger partial charge in [0.1, 0.15) is 11.1 Å². The molecule has 5 heteroatoms. The molecule has 0 aliphatic carbocycles. The molecule has 2 aromatic rings. The number of benzene rings is 1. The zero-order valence-electron chi connectivity index (χ0n) is 11.7. The van der Waals surface area contributed by atoms with Crippen LogP contribution in [0.4, 0.5) is 0 Å². The van der Waals surface area contributed by atoms with E-state index in [9.17, 15) is 14.7 Å². The van der Waals surface area contributed by atoms with Gasteiger partial charge >= 0.3 is 5.63 Å². The van der Waals surface area contributed by atoms with Crippen LogP contribution in [0.1, 0.15) is 24.2 Å². The summed E-state index contributed by atoms with van der Waals surface area (Å²) in [6.07, 6.45) is 0. The van der Waals surface area contributed by atoms with Gasteiger partial charge in [0.15, 0.2) is 0 Å². The van der Waals surface area contributed by atoms with Crippen molar-refractivity contribution >= 4 is 16.9 Å². The predicted octanol–water partition coefficient (Wildman–Crippen LogP) is 1.64. The zero-order chi connectivity index (χ0) is 14.9. The van der Waals surface area contributed by atoms with Crippen LogP contribution in [0.15, 0.2) is 39.5 Å². The maximum absolute atomic E-state index is 12.2. The van der Waals surface area contributed by atoms with Crippen molar-refractivity contribution in [2.24, 2.45) is 0 Å². The van der Waals surface area contributed by atoms with Crippen molar-refractivity contribution in [1.82, 2.24) is 4.90 Å². The molecule has 0 fully saturated rings. The lowest BCUT2D eigenvalue weighted by atomic mass is 10.1. The standard InChI is InChI=1S/C15H17NO4/c1-15(2,19)9-16(3)13(17)11-8-10-6-4-5-7-12(10)20-14(11)18/h4-8,19H,9H2,1-3H3. The third-order valence-electron chi connectivity index (χ3n) is 2.84. The third-order valence-corrected chi connectivity index (χ3v) is 2.84. The zero-order valence-corrected chi connectivity index (χ0v) is 11.7. The van der Waals surface area contributed by atoms with Gasteiger partial charge < -0.3 is 14.4 Å². The van der Waals surface area contributed by atoms with E-state index in [1.807, 2.05) is 0 Å². The molecule has 0 unspecified atom stereocenters. The molecular formula is C15H17NO4. The molecule has 0 atom stereocenters. The van der Waals surface area contributed by atoms with Gasteiger partial charge in [-0.05, 0) is 26.0 Å². The fraction of sp³-hybridized carbons (Fsp3) is 0.333. The van der Waals surface area contributed by atoms with Crippen molar-refractivity contribution in [3.05, 3.63) is 46.3 Å². The number of likely N-dealkylation sites (N-methyl/N-ethyl adjacent to an activating group) is 1. The van der Waals surface area contributed by atoms with E-state index in [0.29, 0.717) is 11.0 Å². The van der Waals surface area contributed by atoms with Gasteiger partial charge in [-0.3, -0.25) is 4.79 Å². The Balaban J connectivity index is 2.39. The van der Waals surface area contributed by atoms with Crippen LogP contribution in [0.3, 0.4) is 0 Å². The summed E-state index contributed by atoms with van der Waals surface area (Å²) in [4.78, 5) is 25.4. The van der Waals surface area contributed by atoms with Crippen LogP contribution >= 0.6 is 0 Å². The molecule has 5 nitrogen and oxygen atoms in total. The molecule has 106 valence electrons. The topological polar surface area (TPSA) is 70.8 Å². The minimum Gasteiger partial charge on any atom is -0.422 e. The molecule has 0 radical (unpaired) electrons. The van der Waals surface area contributed by atoms with E-state index in [1.165, 1.54) is 18.0 Å². The quantitative estimate of drug-likeness (QED) is 0.864. The van der Waals surface area contributed by atoms with Crippen molar-refractivity contribution in [1.29, 1.82) is 0 Å². The van der Waals surface area contributed by atoms with Gasteiger partial charge in [0.05, 0.1) is 5.60 Å². The van der Waals surface area contributed by atoms with E-state index < -0.39 is 17.1 Å². The highest BCUT2D eigenvalue weighted by atomic mass is 16.4. The fourth-order valence-corrected chi connectivity index (χ4v) is 2.07. The third kappa shape index (κ3) is 3.05. The van der Waals surface area contributed by atoms with Crippen molar-refractivity contribution in [3.63, 3.8) is 0 Å². The number of hydrogen-bond donors (Lipinski definition) is 1. The van der Waals surface area contributed by atoms with E-state index in [1.54, 1.807) is 38.1 Å². The van der Waals surface area contributed by atoms with Gasteiger partial charge in [0, 0.05) is 19.0 Å². The largest absolute Gasteiger partial charge is 0.422 e. The molecule has 0 spiro atoms. The molecule has 20 heavy (non-hydrogen) atoms. The molecule has 1 aromatic carbocycles. The number of nitrogens with zero attached hydrogens (tertiary/aromatic N) is 1. The van der Waals surface area contributed by atoms with E-state index >= 15 is 0 Å². The minimum absolute atomic E-state index is 0.0320. The number of aliphatic hydroxyl groups is 1. The lowest BCUT2D eigenvalue weighted by Gasteiger charge is -2.25. The van der Waals surface area contributed by atoms with Crippen molar-refractivity contribution in [3.8, 4) is 0 Å². The highest BCUT2D eigenvalue weighted by Crippen LogP contribution is 2.14. The van der Waals surface area contributed by atoms with Crippen LogP contribution in [0.2, 0.25) is 0 Å². The Hall–Kier alpha value is -2.14. The number of carbonyl (C=O) groups is 1. The molecule has 0 aliphatic heterocycles. The van der Waals surface area contributed by atoms with Gasteiger partial charge in [0.25, 0.3) is 5.91 Å². The summed E-state index contributed by atoms with van der Waals surface area (Å²) in [5.41, 5.74) is -1.28. The van der Waals surface area contributed by atoms with Crippen molar-refractivity contribution < 1.29 is 14.3 Å². The van der Waals surface area contributed by atoms with Gasteiger partial charge in [-0.15, -0.1) is 0 Å². The molecule has 1 amide bonds. The first-order valence-corrected chi connectivity index (χ1v) is 6.29. The predicted molar refractivity (Wildman–Crippen MR) is 75.7 cm³/mol. The minimum atomic E-state index is -1.03. The molecule has 2 rings (SSSR count). The van der Waals surface area contributed by atoms with Gasteiger partial charge in [-0.25, -0.2) is 4.79 Å². The first kappa shape index (κ1) is 14.3. The highest BCUT2D eigenvalue weighted by molar-refractivity contribution is 5.96. The average molecular weight is 275 g/mol. The molecule has 0 aliphatic rings. The average Bonchev–Trinajstić information content (AvgIpc) is 2.35.